The molecular weight excluding hydrogens is 276 g/mol. The highest BCUT2D eigenvalue weighted by atomic mass is 32.2. The molecule has 1 unspecified atom stereocenters. The first kappa shape index (κ1) is 13.8. The van der Waals surface area contributed by atoms with Crippen molar-refractivity contribution in [2.24, 2.45) is 0 Å². The fourth-order valence-corrected chi connectivity index (χ4v) is 1.62. The van der Waals surface area contributed by atoms with E-state index in [9.17, 15) is 13.2 Å². The molecule has 1 fully saturated rings. The first-order valence-electron chi connectivity index (χ1n) is 5.43. The Bertz CT molecular complexity index is 545. The third kappa shape index (κ3) is 5.25. The Hall–Kier alpha value is -1.64. The molecule has 1 heterocycles. The molecule has 0 radical (unpaired) electrons. The first-order chi connectivity index (χ1) is 8.92. The van der Waals surface area contributed by atoms with E-state index in [0.29, 0.717) is 19.0 Å². The van der Waals surface area contributed by atoms with Crippen molar-refractivity contribution in [2.45, 2.75) is 6.10 Å². The van der Waals surface area contributed by atoms with Gasteiger partial charge in [-0.25, -0.2) is 0 Å². The molecule has 19 heavy (non-hydrogen) atoms. The normalized spacial score (nSPS) is 17.8. The molecule has 0 aliphatic carbocycles. The van der Waals surface area contributed by atoms with Crippen LogP contribution in [0.15, 0.2) is 24.3 Å². The highest BCUT2D eigenvalue weighted by Crippen LogP contribution is 2.19. The van der Waals surface area contributed by atoms with Gasteiger partial charge in [0.15, 0.2) is 5.75 Å². The average Bonchev–Trinajstić information content (AvgIpc) is 3.09. The van der Waals surface area contributed by atoms with E-state index in [1.807, 2.05) is 0 Å². The van der Waals surface area contributed by atoms with Crippen molar-refractivity contribution in [3.63, 3.8) is 0 Å². The van der Waals surface area contributed by atoms with Gasteiger partial charge in [0.2, 0.25) is 0 Å². The zero-order valence-electron chi connectivity index (χ0n) is 9.81. The van der Waals surface area contributed by atoms with Gasteiger partial charge in [0.25, 0.3) is 10.1 Å². The number of rotatable bonds is 6. The Balaban J connectivity index is 1.85. The van der Waals surface area contributed by atoms with Crippen LogP contribution in [0.25, 0.3) is 0 Å². The number of benzene rings is 1. The van der Waals surface area contributed by atoms with Crippen LogP contribution in [0.1, 0.15) is 0 Å². The Kier molecular flexibility index (Phi) is 4.03. The highest BCUT2D eigenvalue weighted by molar-refractivity contribution is 7.86. The van der Waals surface area contributed by atoms with Gasteiger partial charge in [-0.05, 0) is 24.3 Å². The SMILES string of the molecule is O=C(CS(=O)(=O)O)Oc1ccc(OCC2CO2)cc1. The molecule has 0 saturated carbocycles. The second-order valence-electron chi connectivity index (χ2n) is 3.94. The smallest absolute Gasteiger partial charge is 0.329 e. The summed E-state index contributed by atoms with van der Waals surface area (Å²) in [6.45, 7) is 1.16. The van der Waals surface area contributed by atoms with Crippen LogP contribution in [0, 0.1) is 0 Å². The number of hydrogen-bond acceptors (Lipinski definition) is 6. The van der Waals surface area contributed by atoms with E-state index in [1.54, 1.807) is 12.1 Å². The van der Waals surface area contributed by atoms with Crippen LogP contribution in [0.5, 0.6) is 11.5 Å². The lowest BCUT2D eigenvalue weighted by Gasteiger charge is -2.06. The van der Waals surface area contributed by atoms with E-state index in [0.717, 1.165) is 0 Å². The van der Waals surface area contributed by atoms with Crippen LogP contribution in [-0.2, 0) is 19.6 Å². The second kappa shape index (κ2) is 5.55. The van der Waals surface area contributed by atoms with Crippen molar-refractivity contribution < 1.29 is 32.0 Å². The van der Waals surface area contributed by atoms with Gasteiger partial charge in [-0.1, -0.05) is 0 Å². The molecular formula is C11H12O7S. The minimum absolute atomic E-state index is 0.146. The van der Waals surface area contributed by atoms with Crippen molar-refractivity contribution in [3.05, 3.63) is 24.3 Å². The van der Waals surface area contributed by atoms with E-state index in [-0.39, 0.29) is 11.9 Å². The summed E-state index contributed by atoms with van der Waals surface area (Å²) < 4.78 is 44.5. The number of epoxide rings is 1. The molecule has 1 aromatic carbocycles. The third-order valence-corrected chi connectivity index (χ3v) is 2.79. The van der Waals surface area contributed by atoms with Gasteiger partial charge in [-0.15, -0.1) is 0 Å². The maximum absolute atomic E-state index is 11.1. The predicted molar refractivity (Wildman–Crippen MR) is 63.7 cm³/mol. The van der Waals surface area contributed by atoms with E-state index >= 15 is 0 Å². The summed E-state index contributed by atoms with van der Waals surface area (Å²) in [6, 6.07) is 6.09. The second-order valence-corrected chi connectivity index (χ2v) is 5.39. The summed E-state index contributed by atoms with van der Waals surface area (Å²) in [6.07, 6.45) is 0.146. The summed E-state index contributed by atoms with van der Waals surface area (Å²) in [5.74, 6) is -1.37. The topological polar surface area (TPSA) is 102 Å². The molecule has 104 valence electrons. The molecule has 1 N–H and O–H groups in total. The molecule has 1 atom stereocenters. The molecule has 7 nitrogen and oxygen atoms in total. The van der Waals surface area contributed by atoms with Crippen molar-refractivity contribution >= 4 is 16.1 Å². The van der Waals surface area contributed by atoms with Crippen molar-refractivity contribution in [3.8, 4) is 11.5 Å². The lowest BCUT2D eigenvalue weighted by atomic mass is 10.3. The lowest BCUT2D eigenvalue weighted by Crippen LogP contribution is -2.20. The van der Waals surface area contributed by atoms with Gasteiger partial charge in [0.1, 0.15) is 24.2 Å². The van der Waals surface area contributed by atoms with Crippen LogP contribution in [-0.4, -0.2) is 44.0 Å². The fourth-order valence-electron chi connectivity index (χ4n) is 1.27. The van der Waals surface area contributed by atoms with E-state index in [1.165, 1.54) is 12.1 Å². The largest absolute Gasteiger partial charge is 0.491 e. The van der Waals surface area contributed by atoms with Gasteiger partial charge in [-0.2, -0.15) is 8.42 Å². The monoisotopic (exact) mass is 288 g/mol. The number of hydrogen-bond donors (Lipinski definition) is 1. The van der Waals surface area contributed by atoms with Gasteiger partial charge < -0.3 is 14.2 Å². The summed E-state index contributed by atoms with van der Waals surface area (Å²) in [5, 5.41) is 0. The number of carbonyl (C=O) groups is 1. The van der Waals surface area contributed by atoms with Crippen LogP contribution in [0.2, 0.25) is 0 Å². The van der Waals surface area contributed by atoms with E-state index < -0.39 is 21.8 Å². The molecule has 0 amide bonds. The Morgan fingerprint density at radius 2 is 1.89 bits per heavy atom. The zero-order chi connectivity index (χ0) is 13.9. The molecule has 0 bridgehead atoms. The standard InChI is InChI=1S/C11H12O7S/c12-11(7-19(13,14)15)18-9-3-1-8(2-4-9)16-5-10-6-17-10/h1-4,10H,5-7H2,(H,13,14,15). The fraction of sp³-hybridized carbons (Fsp3) is 0.364. The minimum Gasteiger partial charge on any atom is -0.491 e. The molecule has 2 rings (SSSR count). The quantitative estimate of drug-likeness (QED) is 0.346. The summed E-state index contributed by atoms with van der Waals surface area (Å²) in [4.78, 5) is 11.1. The van der Waals surface area contributed by atoms with Gasteiger partial charge in [0, 0.05) is 0 Å². The van der Waals surface area contributed by atoms with E-state index in [2.05, 4.69) is 0 Å². The maximum Gasteiger partial charge on any atom is 0.329 e. The van der Waals surface area contributed by atoms with Crippen LogP contribution < -0.4 is 9.47 Å². The molecule has 0 spiro atoms. The molecule has 8 heteroatoms. The van der Waals surface area contributed by atoms with Gasteiger partial charge in [-0.3, -0.25) is 9.35 Å². The van der Waals surface area contributed by atoms with Crippen LogP contribution in [0.4, 0.5) is 0 Å². The average molecular weight is 288 g/mol. The zero-order valence-corrected chi connectivity index (χ0v) is 10.6. The molecule has 0 aromatic heterocycles. The molecule has 1 aliphatic rings. The number of ether oxygens (including phenoxy) is 3. The Morgan fingerprint density at radius 3 is 2.42 bits per heavy atom. The number of carbonyl (C=O) groups excluding carboxylic acids is 1. The highest BCUT2D eigenvalue weighted by Gasteiger charge is 2.23. The number of esters is 1. The van der Waals surface area contributed by atoms with Gasteiger partial charge in [0.05, 0.1) is 6.61 Å². The Labute approximate surface area is 109 Å². The molecule has 1 aliphatic heterocycles. The predicted octanol–water partition coefficient (Wildman–Crippen LogP) is 0.257. The summed E-state index contributed by atoms with van der Waals surface area (Å²) >= 11 is 0. The van der Waals surface area contributed by atoms with Crippen LogP contribution >= 0.6 is 0 Å². The van der Waals surface area contributed by atoms with Crippen LogP contribution in [0.3, 0.4) is 0 Å². The van der Waals surface area contributed by atoms with Crippen molar-refractivity contribution in [1.82, 2.24) is 0 Å². The van der Waals surface area contributed by atoms with Gasteiger partial charge >= 0.3 is 5.97 Å². The first-order valence-corrected chi connectivity index (χ1v) is 7.03. The van der Waals surface area contributed by atoms with Crippen molar-refractivity contribution in [2.75, 3.05) is 19.0 Å². The maximum atomic E-state index is 11.1. The lowest BCUT2D eigenvalue weighted by molar-refractivity contribution is -0.131. The summed E-state index contributed by atoms with van der Waals surface area (Å²) in [7, 11) is -4.38. The van der Waals surface area contributed by atoms with E-state index in [4.69, 9.17) is 18.8 Å². The third-order valence-electron chi connectivity index (χ3n) is 2.19. The summed E-state index contributed by atoms with van der Waals surface area (Å²) in [5.41, 5.74) is 0. The molecule has 1 saturated heterocycles. The molecule has 1 aromatic rings. The minimum atomic E-state index is -4.38. The van der Waals surface area contributed by atoms with Crippen molar-refractivity contribution in [1.29, 1.82) is 0 Å². The Morgan fingerprint density at radius 1 is 1.32 bits per heavy atom.